The van der Waals surface area contributed by atoms with Gasteiger partial charge in [-0.3, -0.25) is 9.59 Å². The van der Waals surface area contributed by atoms with E-state index < -0.39 is 18.0 Å². The van der Waals surface area contributed by atoms with Gasteiger partial charge >= 0.3 is 5.97 Å². The first-order chi connectivity index (χ1) is 11.8. The summed E-state index contributed by atoms with van der Waals surface area (Å²) in [6, 6.07) is 6.20. The van der Waals surface area contributed by atoms with Gasteiger partial charge in [0.1, 0.15) is 11.9 Å². The van der Waals surface area contributed by atoms with E-state index in [4.69, 9.17) is 5.11 Å². The number of amides is 2. The standard InChI is InChI=1S/C18H23N3O4/c1-10(2)8-11(3)16(22)20-14-9-19-15(21-17(14)23)12-4-6-13(7-5-12)18(24)25/h4-7,9-11,15,19H,8H2,1-3H3,(H,20,22)(H,21,23)(H,24,25)/t11-,15?/m0/s1. The largest absolute Gasteiger partial charge is 0.478 e. The summed E-state index contributed by atoms with van der Waals surface area (Å²) in [5.41, 5.74) is 1.06. The minimum atomic E-state index is -1.01. The quantitative estimate of drug-likeness (QED) is 0.628. The molecule has 1 aliphatic rings. The van der Waals surface area contributed by atoms with Crippen LogP contribution in [0.1, 0.15) is 49.3 Å². The lowest BCUT2D eigenvalue weighted by atomic mass is 9.98. The Hall–Kier alpha value is -2.83. The van der Waals surface area contributed by atoms with E-state index in [2.05, 4.69) is 16.0 Å². The van der Waals surface area contributed by atoms with Gasteiger partial charge in [0.2, 0.25) is 5.91 Å². The van der Waals surface area contributed by atoms with Crippen molar-refractivity contribution in [1.82, 2.24) is 16.0 Å². The summed E-state index contributed by atoms with van der Waals surface area (Å²) in [5.74, 6) is -1.38. The van der Waals surface area contributed by atoms with Gasteiger partial charge in [-0.05, 0) is 30.0 Å². The third kappa shape index (κ3) is 4.82. The van der Waals surface area contributed by atoms with Crippen LogP contribution in [-0.2, 0) is 9.59 Å². The molecule has 7 heteroatoms. The summed E-state index contributed by atoms with van der Waals surface area (Å²) in [4.78, 5) is 35.2. The fraction of sp³-hybridized carbons (Fsp3) is 0.389. The highest BCUT2D eigenvalue weighted by Gasteiger charge is 2.24. The molecule has 0 spiro atoms. The van der Waals surface area contributed by atoms with Gasteiger partial charge in [-0.15, -0.1) is 0 Å². The Kier molecular flexibility index (Phi) is 5.80. The van der Waals surface area contributed by atoms with E-state index in [1.54, 1.807) is 12.1 Å². The maximum absolute atomic E-state index is 12.2. The maximum atomic E-state index is 12.2. The number of carboxylic acids is 1. The molecule has 0 saturated carbocycles. The molecule has 1 heterocycles. The molecule has 1 aromatic carbocycles. The highest BCUT2D eigenvalue weighted by atomic mass is 16.4. The fourth-order valence-corrected chi connectivity index (χ4v) is 2.64. The molecule has 134 valence electrons. The first-order valence-electron chi connectivity index (χ1n) is 8.19. The van der Waals surface area contributed by atoms with Crippen molar-refractivity contribution in [2.45, 2.75) is 33.4 Å². The predicted octanol–water partition coefficient (Wildman–Crippen LogP) is 1.74. The molecule has 1 unspecified atom stereocenters. The van der Waals surface area contributed by atoms with Crippen molar-refractivity contribution in [3.63, 3.8) is 0 Å². The van der Waals surface area contributed by atoms with Gasteiger partial charge in [0, 0.05) is 12.1 Å². The van der Waals surface area contributed by atoms with Crippen molar-refractivity contribution in [1.29, 1.82) is 0 Å². The Balaban J connectivity index is 2.01. The number of hydrogen-bond acceptors (Lipinski definition) is 4. The van der Waals surface area contributed by atoms with Crippen LogP contribution in [0.5, 0.6) is 0 Å². The van der Waals surface area contributed by atoms with Crippen LogP contribution in [-0.4, -0.2) is 22.9 Å². The van der Waals surface area contributed by atoms with Gasteiger partial charge in [-0.25, -0.2) is 4.79 Å². The van der Waals surface area contributed by atoms with Crippen molar-refractivity contribution >= 4 is 17.8 Å². The van der Waals surface area contributed by atoms with Gasteiger partial charge in [-0.1, -0.05) is 32.9 Å². The number of carbonyl (C=O) groups excluding carboxylic acids is 2. The molecule has 2 amide bonds. The van der Waals surface area contributed by atoms with Gasteiger partial charge in [0.25, 0.3) is 5.91 Å². The van der Waals surface area contributed by atoms with Crippen LogP contribution in [0, 0.1) is 11.8 Å². The van der Waals surface area contributed by atoms with Gasteiger partial charge < -0.3 is 21.1 Å². The average Bonchev–Trinajstić information content (AvgIpc) is 2.56. The summed E-state index contributed by atoms with van der Waals surface area (Å²) in [5, 5.41) is 17.3. The maximum Gasteiger partial charge on any atom is 0.335 e. The van der Waals surface area contributed by atoms with Crippen LogP contribution in [0.4, 0.5) is 0 Å². The molecule has 1 aliphatic heterocycles. The molecule has 0 saturated heterocycles. The molecule has 0 fully saturated rings. The molecule has 0 bridgehead atoms. The van der Waals surface area contributed by atoms with Crippen LogP contribution < -0.4 is 16.0 Å². The number of aromatic carboxylic acids is 1. The number of rotatable bonds is 6. The van der Waals surface area contributed by atoms with E-state index in [1.165, 1.54) is 18.3 Å². The summed E-state index contributed by atoms with van der Waals surface area (Å²) in [6.45, 7) is 5.91. The molecule has 2 rings (SSSR count). The van der Waals surface area contributed by atoms with Crippen molar-refractivity contribution in [2.75, 3.05) is 0 Å². The zero-order valence-electron chi connectivity index (χ0n) is 14.5. The lowest BCUT2D eigenvalue weighted by molar-refractivity contribution is -0.127. The second-order valence-electron chi connectivity index (χ2n) is 6.58. The van der Waals surface area contributed by atoms with E-state index >= 15 is 0 Å². The molecular formula is C18H23N3O4. The Labute approximate surface area is 146 Å². The number of nitrogens with one attached hydrogen (secondary N) is 3. The van der Waals surface area contributed by atoms with E-state index in [1.807, 2.05) is 20.8 Å². The Bertz CT molecular complexity index is 695. The van der Waals surface area contributed by atoms with Crippen LogP contribution in [0.25, 0.3) is 0 Å². The number of benzene rings is 1. The summed E-state index contributed by atoms with van der Waals surface area (Å²) in [7, 11) is 0. The second-order valence-corrected chi connectivity index (χ2v) is 6.58. The molecule has 1 aromatic rings. The lowest BCUT2D eigenvalue weighted by Gasteiger charge is -2.26. The first kappa shape index (κ1) is 18.5. The topological polar surface area (TPSA) is 108 Å². The summed E-state index contributed by atoms with van der Waals surface area (Å²) >= 11 is 0. The molecule has 0 aromatic heterocycles. The normalized spacial score (nSPS) is 18.0. The summed E-state index contributed by atoms with van der Waals surface area (Å²) in [6.07, 6.45) is 1.73. The van der Waals surface area contributed by atoms with Crippen LogP contribution in [0.15, 0.2) is 36.2 Å². The Morgan fingerprint density at radius 1 is 1.20 bits per heavy atom. The van der Waals surface area contributed by atoms with Gasteiger partial charge in [0.05, 0.1) is 5.56 Å². The lowest BCUT2D eigenvalue weighted by Crippen LogP contribution is -2.46. The minimum absolute atomic E-state index is 0.166. The SMILES string of the molecule is CC(C)C[C@H](C)C(=O)NC1=CNC(c2ccc(C(=O)O)cc2)NC1=O. The molecule has 4 N–H and O–H groups in total. The second kappa shape index (κ2) is 7.83. The molecule has 25 heavy (non-hydrogen) atoms. The molecule has 7 nitrogen and oxygen atoms in total. The first-order valence-corrected chi connectivity index (χ1v) is 8.19. The fourth-order valence-electron chi connectivity index (χ4n) is 2.64. The van der Waals surface area contributed by atoms with E-state index in [0.29, 0.717) is 11.5 Å². The zero-order chi connectivity index (χ0) is 18.6. The van der Waals surface area contributed by atoms with Crippen LogP contribution in [0.3, 0.4) is 0 Å². The number of carbonyl (C=O) groups is 3. The Morgan fingerprint density at radius 3 is 2.36 bits per heavy atom. The van der Waals surface area contributed by atoms with Crippen molar-refractivity contribution < 1.29 is 19.5 Å². The highest BCUT2D eigenvalue weighted by molar-refractivity contribution is 5.98. The molecular weight excluding hydrogens is 322 g/mol. The average molecular weight is 345 g/mol. The predicted molar refractivity (Wildman–Crippen MR) is 92.3 cm³/mol. The molecule has 0 radical (unpaired) electrons. The van der Waals surface area contributed by atoms with Gasteiger partial charge in [-0.2, -0.15) is 0 Å². The summed E-state index contributed by atoms with van der Waals surface area (Å²) < 4.78 is 0. The van der Waals surface area contributed by atoms with Crippen molar-refractivity contribution in [3.8, 4) is 0 Å². The van der Waals surface area contributed by atoms with Crippen molar-refractivity contribution in [2.24, 2.45) is 11.8 Å². The minimum Gasteiger partial charge on any atom is -0.478 e. The third-order valence-corrected chi connectivity index (χ3v) is 3.94. The third-order valence-electron chi connectivity index (χ3n) is 3.94. The van der Waals surface area contributed by atoms with Crippen LogP contribution >= 0.6 is 0 Å². The van der Waals surface area contributed by atoms with E-state index in [-0.39, 0.29) is 23.1 Å². The van der Waals surface area contributed by atoms with Crippen LogP contribution in [0.2, 0.25) is 0 Å². The molecule has 2 atom stereocenters. The van der Waals surface area contributed by atoms with E-state index in [0.717, 1.165) is 6.42 Å². The zero-order valence-corrected chi connectivity index (χ0v) is 14.5. The van der Waals surface area contributed by atoms with E-state index in [9.17, 15) is 14.4 Å². The van der Waals surface area contributed by atoms with Crippen molar-refractivity contribution in [3.05, 3.63) is 47.3 Å². The monoisotopic (exact) mass is 345 g/mol. The Morgan fingerprint density at radius 2 is 1.84 bits per heavy atom. The molecule has 0 aliphatic carbocycles. The smallest absolute Gasteiger partial charge is 0.335 e. The number of carboxylic acid groups (broad SMARTS) is 1. The number of hydrogen-bond donors (Lipinski definition) is 4. The highest BCUT2D eigenvalue weighted by Crippen LogP contribution is 2.16. The van der Waals surface area contributed by atoms with Gasteiger partial charge in [0.15, 0.2) is 0 Å².